The molecule has 0 atom stereocenters. The molecule has 92 valence electrons. The van der Waals surface area contributed by atoms with Crippen LogP contribution in [0, 0.1) is 0 Å². The summed E-state index contributed by atoms with van der Waals surface area (Å²) in [6, 6.07) is 2.76. The molecule has 0 saturated heterocycles. The summed E-state index contributed by atoms with van der Waals surface area (Å²) in [5, 5.41) is 5.17. The summed E-state index contributed by atoms with van der Waals surface area (Å²) in [6.07, 6.45) is 1.69. The standard InChI is InChI=1S/C11H14BrN3OS/c1-13-4-9-6-16-11(14-9)15(2)5-8-3-10(12)17-7-8/h3,6-7,13H,4-5H2,1-2H3. The first-order valence-corrected chi connectivity index (χ1v) is 6.89. The van der Waals surface area contributed by atoms with E-state index in [1.807, 2.05) is 19.0 Å². The fraction of sp³-hybridized carbons (Fsp3) is 0.364. The molecule has 2 rings (SSSR count). The van der Waals surface area contributed by atoms with Crippen LogP contribution < -0.4 is 10.2 Å². The first kappa shape index (κ1) is 12.6. The molecule has 17 heavy (non-hydrogen) atoms. The highest BCUT2D eigenvalue weighted by Crippen LogP contribution is 2.23. The van der Waals surface area contributed by atoms with Crippen LogP contribution in [-0.4, -0.2) is 19.1 Å². The topological polar surface area (TPSA) is 41.3 Å². The predicted octanol–water partition coefficient (Wildman–Crippen LogP) is 2.85. The van der Waals surface area contributed by atoms with Gasteiger partial charge in [0.05, 0.1) is 9.48 Å². The van der Waals surface area contributed by atoms with E-state index in [-0.39, 0.29) is 0 Å². The van der Waals surface area contributed by atoms with Gasteiger partial charge in [-0.05, 0) is 40.0 Å². The number of hydrogen-bond donors (Lipinski definition) is 1. The van der Waals surface area contributed by atoms with Gasteiger partial charge in [0.15, 0.2) is 0 Å². The van der Waals surface area contributed by atoms with Gasteiger partial charge >= 0.3 is 0 Å². The van der Waals surface area contributed by atoms with Crippen LogP contribution in [0.25, 0.3) is 0 Å². The molecule has 4 nitrogen and oxygen atoms in total. The van der Waals surface area contributed by atoms with Crippen molar-refractivity contribution in [2.24, 2.45) is 0 Å². The second kappa shape index (κ2) is 5.66. The Morgan fingerprint density at radius 3 is 3.06 bits per heavy atom. The molecule has 0 aliphatic carbocycles. The molecule has 6 heteroatoms. The van der Waals surface area contributed by atoms with Crippen molar-refractivity contribution < 1.29 is 4.42 Å². The van der Waals surface area contributed by atoms with Crippen LogP contribution in [0.5, 0.6) is 0 Å². The summed E-state index contributed by atoms with van der Waals surface area (Å²) in [5.74, 6) is 0. The third-order valence-electron chi connectivity index (χ3n) is 2.27. The molecule has 2 heterocycles. The minimum Gasteiger partial charge on any atom is -0.432 e. The first-order valence-electron chi connectivity index (χ1n) is 5.22. The van der Waals surface area contributed by atoms with Crippen molar-refractivity contribution in [2.75, 3.05) is 19.0 Å². The van der Waals surface area contributed by atoms with Gasteiger partial charge in [0, 0.05) is 20.1 Å². The highest BCUT2D eigenvalue weighted by molar-refractivity contribution is 9.11. The number of thiophene rings is 1. The summed E-state index contributed by atoms with van der Waals surface area (Å²) in [6.45, 7) is 1.52. The molecule has 0 saturated carbocycles. The molecule has 1 N–H and O–H groups in total. The lowest BCUT2D eigenvalue weighted by Crippen LogP contribution is -2.16. The molecule has 0 radical (unpaired) electrons. The highest BCUT2D eigenvalue weighted by Gasteiger charge is 2.10. The van der Waals surface area contributed by atoms with Gasteiger partial charge in [0.2, 0.25) is 0 Å². The van der Waals surface area contributed by atoms with Gasteiger partial charge in [-0.1, -0.05) is 0 Å². The minimum absolute atomic E-state index is 0.651. The third kappa shape index (κ3) is 3.31. The molecule has 0 aliphatic rings. The Morgan fingerprint density at radius 2 is 2.41 bits per heavy atom. The molecular formula is C11H14BrN3OS. The van der Waals surface area contributed by atoms with Crippen LogP contribution in [0.15, 0.2) is 25.9 Å². The minimum atomic E-state index is 0.651. The van der Waals surface area contributed by atoms with E-state index >= 15 is 0 Å². The lowest BCUT2D eigenvalue weighted by Gasteiger charge is -2.12. The van der Waals surface area contributed by atoms with Gasteiger partial charge in [-0.2, -0.15) is 4.98 Å². The van der Waals surface area contributed by atoms with E-state index in [1.54, 1.807) is 17.6 Å². The number of rotatable bonds is 5. The second-order valence-corrected chi connectivity index (χ2v) is 6.06. The van der Waals surface area contributed by atoms with Crippen molar-refractivity contribution in [3.8, 4) is 0 Å². The van der Waals surface area contributed by atoms with Crippen LogP contribution >= 0.6 is 27.3 Å². The van der Waals surface area contributed by atoms with E-state index in [2.05, 4.69) is 37.7 Å². The Labute approximate surface area is 113 Å². The average molecular weight is 316 g/mol. The van der Waals surface area contributed by atoms with Crippen LogP contribution in [0.3, 0.4) is 0 Å². The van der Waals surface area contributed by atoms with E-state index < -0.39 is 0 Å². The number of nitrogens with one attached hydrogen (secondary N) is 1. The van der Waals surface area contributed by atoms with Crippen LogP contribution in [0.2, 0.25) is 0 Å². The molecule has 0 bridgehead atoms. The zero-order valence-electron chi connectivity index (χ0n) is 9.74. The normalized spacial score (nSPS) is 10.8. The number of nitrogens with zero attached hydrogens (tertiary/aromatic N) is 2. The fourth-order valence-corrected chi connectivity index (χ4v) is 2.70. The van der Waals surface area contributed by atoms with Gasteiger partial charge < -0.3 is 14.6 Å². The SMILES string of the molecule is CNCc1coc(N(C)Cc2csc(Br)c2)n1. The van der Waals surface area contributed by atoms with Crippen molar-refractivity contribution in [1.29, 1.82) is 0 Å². The highest BCUT2D eigenvalue weighted by atomic mass is 79.9. The van der Waals surface area contributed by atoms with E-state index in [4.69, 9.17) is 4.42 Å². The molecule has 0 fully saturated rings. The number of halogens is 1. The van der Waals surface area contributed by atoms with E-state index in [1.165, 1.54) is 5.56 Å². The van der Waals surface area contributed by atoms with Gasteiger partial charge in [-0.3, -0.25) is 0 Å². The lowest BCUT2D eigenvalue weighted by atomic mass is 10.3. The van der Waals surface area contributed by atoms with Gasteiger partial charge in [0.1, 0.15) is 6.26 Å². The van der Waals surface area contributed by atoms with Crippen LogP contribution in [0.4, 0.5) is 6.01 Å². The number of oxazole rings is 1. The Balaban J connectivity index is 2.01. The summed E-state index contributed by atoms with van der Waals surface area (Å²) >= 11 is 5.14. The monoisotopic (exact) mass is 315 g/mol. The summed E-state index contributed by atoms with van der Waals surface area (Å²) in [7, 11) is 3.86. The lowest BCUT2D eigenvalue weighted by molar-refractivity contribution is 0.543. The fourth-order valence-electron chi connectivity index (χ4n) is 1.50. The largest absolute Gasteiger partial charge is 0.432 e. The zero-order valence-corrected chi connectivity index (χ0v) is 12.1. The zero-order chi connectivity index (χ0) is 12.3. The summed E-state index contributed by atoms with van der Waals surface area (Å²) < 4.78 is 6.57. The Hall–Kier alpha value is -0.850. The maximum atomic E-state index is 5.42. The molecule has 0 amide bonds. The maximum absolute atomic E-state index is 5.42. The number of anilines is 1. The van der Waals surface area contributed by atoms with Crippen molar-refractivity contribution in [2.45, 2.75) is 13.1 Å². The van der Waals surface area contributed by atoms with E-state index in [9.17, 15) is 0 Å². The van der Waals surface area contributed by atoms with Gasteiger partial charge in [-0.25, -0.2) is 0 Å². The molecule has 0 spiro atoms. The van der Waals surface area contributed by atoms with Crippen molar-refractivity contribution >= 4 is 33.3 Å². The average Bonchev–Trinajstić information content (AvgIpc) is 2.88. The Morgan fingerprint density at radius 1 is 1.59 bits per heavy atom. The van der Waals surface area contributed by atoms with Crippen LogP contribution in [-0.2, 0) is 13.1 Å². The second-order valence-electron chi connectivity index (χ2n) is 3.77. The first-order chi connectivity index (χ1) is 8.19. The third-order valence-corrected chi connectivity index (χ3v) is 3.82. The van der Waals surface area contributed by atoms with Gasteiger partial charge in [0.25, 0.3) is 6.01 Å². The van der Waals surface area contributed by atoms with E-state index in [0.717, 1.165) is 22.6 Å². The quantitative estimate of drug-likeness (QED) is 0.921. The van der Waals surface area contributed by atoms with Crippen molar-refractivity contribution in [3.63, 3.8) is 0 Å². The van der Waals surface area contributed by atoms with Crippen LogP contribution in [0.1, 0.15) is 11.3 Å². The smallest absolute Gasteiger partial charge is 0.297 e. The van der Waals surface area contributed by atoms with Gasteiger partial charge in [-0.15, -0.1) is 11.3 Å². The molecular weight excluding hydrogens is 302 g/mol. The molecule has 2 aromatic heterocycles. The number of hydrogen-bond acceptors (Lipinski definition) is 5. The molecule has 0 aromatic carbocycles. The predicted molar refractivity (Wildman–Crippen MR) is 73.4 cm³/mol. The molecule has 2 aromatic rings. The Bertz CT molecular complexity index is 483. The van der Waals surface area contributed by atoms with E-state index in [0.29, 0.717) is 6.01 Å². The summed E-state index contributed by atoms with van der Waals surface area (Å²) in [4.78, 5) is 6.39. The Kier molecular flexibility index (Phi) is 4.20. The maximum Gasteiger partial charge on any atom is 0.297 e. The molecule has 0 unspecified atom stereocenters. The summed E-state index contributed by atoms with van der Waals surface area (Å²) in [5.41, 5.74) is 2.17. The van der Waals surface area contributed by atoms with Crippen molar-refractivity contribution in [1.82, 2.24) is 10.3 Å². The molecule has 0 aliphatic heterocycles. The van der Waals surface area contributed by atoms with Crippen molar-refractivity contribution in [3.05, 3.63) is 32.8 Å². The number of aromatic nitrogens is 1.